The van der Waals surface area contributed by atoms with Gasteiger partial charge in [0, 0.05) is 0 Å². The number of benzene rings is 2. The van der Waals surface area contributed by atoms with Crippen molar-refractivity contribution in [2.75, 3.05) is 18.5 Å². The minimum Gasteiger partial charge on any atom is -0.0654 e. The smallest absolute Gasteiger partial charge is 0.0654 e. The molecule has 3 nitrogen and oxygen atoms in total. The van der Waals surface area contributed by atoms with Crippen LogP contribution >= 0.6 is 6.83 Å². The van der Waals surface area contributed by atoms with E-state index in [1.54, 1.807) is 0 Å². The molecular weight excluding hydrogens is 904 g/mol. The van der Waals surface area contributed by atoms with Crippen LogP contribution < -0.4 is 5.30 Å². The first kappa shape index (κ1) is 65.9. The monoisotopic (exact) mass is 1020 g/mol. The molecule has 71 heavy (non-hydrogen) atoms. The summed E-state index contributed by atoms with van der Waals surface area (Å²) >= 11 is 0. The summed E-state index contributed by atoms with van der Waals surface area (Å²) in [6.45, 7) is 10.2. The van der Waals surface area contributed by atoms with E-state index in [4.69, 9.17) is 3.97 Å². The van der Waals surface area contributed by atoms with Crippen molar-refractivity contribution in [1.82, 2.24) is 0 Å². The van der Waals surface area contributed by atoms with E-state index in [9.17, 15) is 0 Å². The SMILES string of the molecule is CCCCCCCCCCCCCCc1ccc(S(=O)(=O)OP(CCCC)(CCCC)(CCCC)c2ccccc2)c(CCCCCCCCCCCCCC)c1CCCCCCCCCCCCCC. The molecule has 0 saturated carbocycles. The second-order valence-corrected chi connectivity index (χ2v) is 29.9. The van der Waals surface area contributed by atoms with Crippen molar-refractivity contribution in [2.24, 2.45) is 0 Å². The van der Waals surface area contributed by atoms with Gasteiger partial charge in [0.1, 0.15) is 0 Å². The molecule has 0 N–H and O–H groups in total. The fourth-order valence-electron chi connectivity index (χ4n) is 11.8. The summed E-state index contributed by atoms with van der Waals surface area (Å²) < 4.78 is 39.0. The molecule has 0 aliphatic carbocycles. The Balaban J connectivity index is 2.48. The van der Waals surface area contributed by atoms with Crippen LogP contribution in [-0.2, 0) is 33.4 Å². The Hall–Kier alpha value is -1.22. The Labute approximate surface area is 445 Å². The third kappa shape index (κ3) is 27.9. The van der Waals surface area contributed by atoms with E-state index in [1.807, 2.05) is 6.07 Å². The Morgan fingerprint density at radius 3 is 0.958 bits per heavy atom. The Kier molecular flexibility index (Phi) is 39.9. The first-order valence-electron chi connectivity index (χ1n) is 31.9. The van der Waals surface area contributed by atoms with Crippen LogP contribution in [0.1, 0.15) is 328 Å². The quantitative estimate of drug-likeness (QED) is 0.0490. The van der Waals surface area contributed by atoms with Crippen LogP contribution in [0.4, 0.5) is 0 Å². The Morgan fingerprint density at radius 2 is 0.620 bits per heavy atom. The fraction of sp³-hybridized carbons (Fsp3) is 0.818. The molecule has 0 spiro atoms. The van der Waals surface area contributed by atoms with E-state index in [0.29, 0.717) is 4.90 Å². The normalized spacial score (nSPS) is 12.7. The van der Waals surface area contributed by atoms with Crippen LogP contribution in [0.15, 0.2) is 47.4 Å². The van der Waals surface area contributed by atoms with E-state index in [-0.39, 0.29) is 0 Å². The van der Waals surface area contributed by atoms with Crippen LogP contribution in [-0.4, -0.2) is 26.9 Å². The molecular formula is C66H121O3PS. The van der Waals surface area contributed by atoms with Gasteiger partial charge in [0.05, 0.1) is 0 Å². The van der Waals surface area contributed by atoms with Gasteiger partial charge in [-0.05, 0) is 0 Å². The number of hydrogen-bond donors (Lipinski definition) is 0. The van der Waals surface area contributed by atoms with Crippen molar-refractivity contribution in [3.63, 3.8) is 0 Å². The molecule has 5 heteroatoms. The predicted octanol–water partition coefficient (Wildman–Crippen LogP) is 22.3. The standard InChI is InChI=1S/C66H121O3PS/c1-7-13-19-22-25-28-31-34-37-40-43-47-52-62-57-58-66(71(67,68)69-70(59-16-10-4,60-17-11-5,61-18-12-6)63-53-48-46-49-54-63)65(56-51-45-42-39-36-33-30-27-24-21-15-9-3)64(62)55-50-44-41-38-35-32-29-26-23-20-14-8-2/h46,48-49,53-54,57-58H,7-45,47,50-52,55-56,59-61H2,1-6H3. The summed E-state index contributed by atoms with van der Waals surface area (Å²) in [5.41, 5.74) is 3.93. The van der Waals surface area contributed by atoms with E-state index in [1.165, 1.54) is 235 Å². The summed E-state index contributed by atoms with van der Waals surface area (Å²) in [6.07, 6.45) is 59.5. The molecule has 0 fully saturated rings. The van der Waals surface area contributed by atoms with Gasteiger partial charge in [-0.15, -0.1) is 0 Å². The van der Waals surface area contributed by atoms with Crippen LogP contribution in [0.25, 0.3) is 0 Å². The van der Waals surface area contributed by atoms with Crippen molar-refractivity contribution < 1.29 is 12.4 Å². The number of hydrogen-bond acceptors (Lipinski definition) is 3. The minimum absolute atomic E-state index is 0.516. The first-order valence-corrected chi connectivity index (χ1v) is 36.1. The molecule has 0 bridgehead atoms. The predicted molar refractivity (Wildman–Crippen MR) is 321 cm³/mol. The van der Waals surface area contributed by atoms with Crippen molar-refractivity contribution >= 4 is 22.3 Å². The van der Waals surface area contributed by atoms with Crippen molar-refractivity contribution in [3.05, 3.63) is 59.2 Å². The van der Waals surface area contributed by atoms with Gasteiger partial charge < -0.3 is 0 Å². The topological polar surface area (TPSA) is 43.4 Å². The van der Waals surface area contributed by atoms with Gasteiger partial charge >= 0.3 is 311 Å². The molecule has 2 rings (SSSR count). The first-order chi connectivity index (χ1) is 34.8. The minimum atomic E-state index is -4.10. The van der Waals surface area contributed by atoms with E-state index in [2.05, 4.69) is 77.9 Å². The van der Waals surface area contributed by atoms with E-state index < -0.39 is 16.9 Å². The summed E-state index contributed by atoms with van der Waals surface area (Å²) in [7, 11) is -4.10. The molecule has 0 saturated heterocycles. The number of aryl methyl sites for hydroxylation is 1. The molecule has 2 aromatic carbocycles. The van der Waals surface area contributed by atoms with Crippen molar-refractivity contribution in [1.29, 1.82) is 0 Å². The van der Waals surface area contributed by atoms with Gasteiger partial charge in [-0.25, -0.2) is 0 Å². The van der Waals surface area contributed by atoms with Crippen LogP contribution in [0.2, 0.25) is 0 Å². The average Bonchev–Trinajstić information content (AvgIpc) is 3.38. The molecule has 414 valence electrons. The Bertz CT molecular complexity index is 1600. The summed E-state index contributed by atoms with van der Waals surface area (Å²) in [5.74, 6) is 0. The number of rotatable bonds is 52. The third-order valence-corrected chi connectivity index (χ3v) is 25.3. The molecule has 0 aliphatic heterocycles. The van der Waals surface area contributed by atoms with Gasteiger partial charge in [-0.1, -0.05) is 136 Å². The third-order valence-electron chi connectivity index (χ3n) is 16.4. The maximum atomic E-state index is 15.8. The van der Waals surface area contributed by atoms with Crippen molar-refractivity contribution in [2.45, 2.75) is 335 Å². The molecule has 0 aliphatic rings. The van der Waals surface area contributed by atoms with Gasteiger partial charge in [-0.2, -0.15) is 0 Å². The molecule has 0 aromatic heterocycles. The molecule has 0 atom stereocenters. The summed E-state index contributed by atoms with van der Waals surface area (Å²) in [4.78, 5) is 0.516. The van der Waals surface area contributed by atoms with E-state index in [0.717, 1.165) is 94.7 Å². The van der Waals surface area contributed by atoms with Gasteiger partial charge in [0.25, 0.3) is 0 Å². The molecule has 2 aromatic rings. The van der Waals surface area contributed by atoms with Crippen LogP contribution in [0.3, 0.4) is 0 Å². The van der Waals surface area contributed by atoms with Gasteiger partial charge in [0.2, 0.25) is 0 Å². The van der Waals surface area contributed by atoms with Crippen LogP contribution in [0.5, 0.6) is 0 Å². The zero-order chi connectivity index (χ0) is 51.4. The zero-order valence-corrected chi connectivity index (χ0v) is 50.3. The van der Waals surface area contributed by atoms with E-state index >= 15 is 8.42 Å². The Morgan fingerprint density at radius 1 is 0.324 bits per heavy atom. The molecule has 0 radical (unpaired) electrons. The van der Waals surface area contributed by atoms with Crippen LogP contribution in [0, 0.1) is 0 Å². The molecule has 0 heterocycles. The average molecular weight is 1030 g/mol. The fourth-order valence-corrected chi connectivity index (χ4v) is 21.7. The second-order valence-electron chi connectivity index (χ2n) is 22.8. The molecule has 0 amide bonds. The van der Waals surface area contributed by atoms with Gasteiger partial charge in [0.15, 0.2) is 0 Å². The summed E-state index contributed by atoms with van der Waals surface area (Å²) in [6, 6.07) is 15.1. The summed E-state index contributed by atoms with van der Waals surface area (Å²) in [5, 5.41) is 1.18. The molecule has 0 unspecified atom stereocenters. The van der Waals surface area contributed by atoms with Crippen molar-refractivity contribution in [3.8, 4) is 0 Å². The number of unbranched alkanes of at least 4 members (excludes halogenated alkanes) is 36. The maximum absolute atomic E-state index is 15.8. The zero-order valence-electron chi connectivity index (χ0n) is 48.6. The second kappa shape index (κ2) is 42.9. The van der Waals surface area contributed by atoms with Gasteiger partial charge in [-0.3, -0.25) is 0 Å².